The van der Waals surface area contributed by atoms with Gasteiger partial charge in [0.2, 0.25) is 0 Å². The summed E-state index contributed by atoms with van der Waals surface area (Å²) in [6.07, 6.45) is 2.09. The largest absolute Gasteiger partial charge is 0.364 e. The molecular formula is C21H23N7O. The predicted octanol–water partition coefficient (Wildman–Crippen LogP) is 2.91. The van der Waals surface area contributed by atoms with Crippen LogP contribution in [0.4, 0.5) is 17.3 Å². The van der Waals surface area contributed by atoms with Crippen LogP contribution >= 0.6 is 0 Å². The van der Waals surface area contributed by atoms with Gasteiger partial charge >= 0.3 is 0 Å². The first-order valence-corrected chi connectivity index (χ1v) is 9.69. The van der Waals surface area contributed by atoms with Crippen molar-refractivity contribution in [3.8, 4) is 0 Å². The second-order valence-electron chi connectivity index (χ2n) is 7.09. The number of nitrogens with zero attached hydrogens (tertiary/aromatic N) is 5. The molecule has 4 rings (SSSR count). The highest BCUT2D eigenvalue weighted by Crippen LogP contribution is 2.19. The summed E-state index contributed by atoms with van der Waals surface area (Å²) < 4.78 is 0. The Labute approximate surface area is 169 Å². The number of hydrogen-bond acceptors (Lipinski definition) is 7. The fraction of sp³-hybridized carbons (Fsp3) is 0.286. The molecule has 0 saturated carbocycles. The number of carbonyl (C=O) groups is 1. The van der Waals surface area contributed by atoms with Crippen molar-refractivity contribution in [2.24, 2.45) is 0 Å². The number of aryl methyl sites for hydroxylation is 1. The molecule has 2 N–H and O–H groups in total. The molecule has 1 unspecified atom stereocenters. The maximum atomic E-state index is 12.3. The van der Waals surface area contributed by atoms with E-state index in [0.717, 1.165) is 43.1 Å². The molecular weight excluding hydrogens is 366 g/mol. The highest BCUT2D eigenvalue weighted by atomic mass is 16.1. The minimum absolute atomic E-state index is 0.227. The third-order valence-electron chi connectivity index (χ3n) is 4.81. The maximum absolute atomic E-state index is 12.3. The fourth-order valence-corrected chi connectivity index (χ4v) is 3.32. The van der Waals surface area contributed by atoms with Gasteiger partial charge in [-0.25, -0.2) is 0 Å². The normalized spacial score (nSPS) is 16.3. The summed E-state index contributed by atoms with van der Waals surface area (Å²) in [5, 5.41) is 22.9. The molecule has 1 atom stereocenters. The van der Waals surface area contributed by atoms with Crippen LogP contribution in [0.3, 0.4) is 0 Å². The number of benzene rings is 1. The van der Waals surface area contributed by atoms with E-state index < -0.39 is 0 Å². The topological polar surface area (TPSA) is 95.9 Å². The van der Waals surface area contributed by atoms with Crippen LogP contribution in [0.5, 0.6) is 0 Å². The van der Waals surface area contributed by atoms with Gasteiger partial charge in [-0.1, -0.05) is 18.2 Å². The van der Waals surface area contributed by atoms with Crippen molar-refractivity contribution in [1.82, 2.24) is 20.4 Å². The summed E-state index contributed by atoms with van der Waals surface area (Å²) in [7, 11) is 0. The second kappa shape index (κ2) is 8.64. The van der Waals surface area contributed by atoms with Gasteiger partial charge in [0, 0.05) is 24.8 Å². The van der Waals surface area contributed by atoms with Crippen LogP contribution < -0.4 is 15.5 Å². The highest BCUT2D eigenvalue weighted by Gasteiger charge is 2.21. The molecule has 8 nitrogen and oxygen atoms in total. The SMILES string of the molecule is Cc1ccc(N2CCCC(Nc3ccc(C(=O)Nc4ccccc4)nn3)C2)nn1. The van der Waals surface area contributed by atoms with Gasteiger partial charge in [-0.2, -0.15) is 5.10 Å². The summed E-state index contributed by atoms with van der Waals surface area (Å²) in [6.45, 7) is 3.70. The molecule has 8 heteroatoms. The lowest BCUT2D eigenvalue weighted by Crippen LogP contribution is -2.42. The molecule has 0 aliphatic carbocycles. The van der Waals surface area contributed by atoms with Crippen LogP contribution in [0.1, 0.15) is 29.0 Å². The molecule has 0 radical (unpaired) electrons. The Balaban J connectivity index is 1.35. The number of anilines is 3. The van der Waals surface area contributed by atoms with Crippen LogP contribution in [-0.4, -0.2) is 45.4 Å². The number of hydrogen-bond donors (Lipinski definition) is 2. The van der Waals surface area contributed by atoms with E-state index in [1.807, 2.05) is 49.4 Å². The molecule has 1 aromatic carbocycles. The Bertz CT molecular complexity index is 945. The first kappa shape index (κ1) is 18.8. The number of carbonyl (C=O) groups excluding carboxylic acids is 1. The number of rotatable bonds is 5. The smallest absolute Gasteiger partial charge is 0.276 e. The molecule has 0 bridgehead atoms. The number of aromatic nitrogens is 4. The standard InChI is InChI=1S/C21H23N7O/c1-15-9-12-20(27-24-15)28-13-5-8-17(14-28)22-19-11-10-18(25-26-19)21(29)23-16-6-3-2-4-7-16/h2-4,6-7,9-12,17H,5,8,13-14H2,1H3,(H,22,26)(H,23,29). The average Bonchev–Trinajstić information content (AvgIpc) is 2.76. The zero-order valence-corrected chi connectivity index (χ0v) is 16.2. The van der Waals surface area contributed by atoms with Crippen molar-refractivity contribution in [2.45, 2.75) is 25.8 Å². The van der Waals surface area contributed by atoms with Gasteiger partial charge in [0.1, 0.15) is 5.82 Å². The molecule has 148 valence electrons. The minimum Gasteiger partial charge on any atom is -0.364 e. The van der Waals surface area contributed by atoms with E-state index in [-0.39, 0.29) is 17.6 Å². The summed E-state index contributed by atoms with van der Waals surface area (Å²) in [4.78, 5) is 14.5. The third kappa shape index (κ3) is 4.84. The van der Waals surface area contributed by atoms with E-state index in [2.05, 4.69) is 35.9 Å². The fourth-order valence-electron chi connectivity index (χ4n) is 3.32. The van der Waals surface area contributed by atoms with E-state index in [9.17, 15) is 4.79 Å². The van der Waals surface area contributed by atoms with Gasteiger partial charge in [0.15, 0.2) is 11.5 Å². The first-order chi connectivity index (χ1) is 14.2. The van der Waals surface area contributed by atoms with Gasteiger partial charge in [-0.05, 0) is 56.2 Å². The van der Waals surface area contributed by atoms with Gasteiger partial charge in [0.05, 0.1) is 5.69 Å². The molecule has 0 spiro atoms. The van der Waals surface area contributed by atoms with E-state index in [1.54, 1.807) is 12.1 Å². The molecule has 3 aromatic rings. The molecule has 1 fully saturated rings. The van der Waals surface area contributed by atoms with Crippen molar-refractivity contribution in [3.63, 3.8) is 0 Å². The lowest BCUT2D eigenvalue weighted by molar-refractivity contribution is 0.102. The van der Waals surface area contributed by atoms with E-state index >= 15 is 0 Å². The summed E-state index contributed by atoms with van der Waals surface area (Å²) >= 11 is 0. The van der Waals surface area contributed by atoms with Crippen molar-refractivity contribution in [3.05, 3.63) is 66.0 Å². The molecule has 1 aliphatic heterocycles. The molecule has 29 heavy (non-hydrogen) atoms. The minimum atomic E-state index is -0.281. The maximum Gasteiger partial charge on any atom is 0.276 e. The molecule has 1 aliphatic rings. The molecule has 1 amide bonds. The monoisotopic (exact) mass is 389 g/mol. The van der Waals surface area contributed by atoms with Crippen LogP contribution in [0.15, 0.2) is 54.6 Å². The zero-order chi connectivity index (χ0) is 20.1. The van der Waals surface area contributed by atoms with Crippen molar-refractivity contribution in [1.29, 1.82) is 0 Å². The number of nitrogens with one attached hydrogen (secondary N) is 2. The predicted molar refractivity (Wildman–Crippen MR) is 112 cm³/mol. The van der Waals surface area contributed by atoms with Crippen molar-refractivity contribution >= 4 is 23.2 Å². The van der Waals surface area contributed by atoms with Crippen molar-refractivity contribution in [2.75, 3.05) is 28.6 Å². The van der Waals surface area contributed by atoms with Crippen LogP contribution in [0.25, 0.3) is 0 Å². The van der Waals surface area contributed by atoms with E-state index in [1.165, 1.54) is 0 Å². The Kier molecular flexibility index (Phi) is 5.60. The van der Waals surface area contributed by atoms with Gasteiger partial charge in [-0.3, -0.25) is 4.79 Å². The average molecular weight is 389 g/mol. The second-order valence-corrected chi connectivity index (χ2v) is 7.09. The molecule has 1 saturated heterocycles. The van der Waals surface area contributed by atoms with Gasteiger partial charge in [-0.15, -0.1) is 15.3 Å². The number of para-hydroxylation sites is 1. The van der Waals surface area contributed by atoms with E-state index in [0.29, 0.717) is 5.82 Å². The lowest BCUT2D eigenvalue weighted by atomic mass is 10.1. The van der Waals surface area contributed by atoms with Crippen LogP contribution in [0.2, 0.25) is 0 Å². The Morgan fingerprint density at radius 3 is 2.59 bits per heavy atom. The first-order valence-electron chi connectivity index (χ1n) is 9.69. The number of piperidine rings is 1. The highest BCUT2D eigenvalue weighted by molar-refractivity contribution is 6.02. The van der Waals surface area contributed by atoms with Gasteiger partial charge < -0.3 is 15.5 Å². The Hall–Kier alpha value is -3.55. The number of amides is 1. The van der Waals surface area contributed by atoms with Gasteiger partial charge in [0.25, 0.3) is 5.91 Å². The Morgan fingerprint density at radius 1 is 1.00 bits per heavy atom. The third-order valence-corrected chi connectivity index (χ3v) is 4.81. The van der Waals surface area contributed by atoms with E-state index in [4.69, 9.17) is 0 Å². The molecule has 3 heterocycles. The lowest BCUT2D eigenvalue weighted by Gasteiger charge is -2.33. The summed E-state index contributed by atoms with van der Waals surface area (Å²) in [6, 6.07) is 17.0. The van der Waals surface area contributed by atoms with Crippen LogP contribution in [-0.2, 0) is 0 Å². The summed E-state index contributed by atoms with van der Waals surface area (Å²) in [5.41, 5.74) is 1.91. The molecule has 2 aromatic heterocycles. The Morgan fingerprint density at radius 2 is 1.86 bits per heavy atom. The summed E-state index contributed by atoms with van der Waals surface area (Å²) in [5.74, 6) is 1.27. The van der Waals surface area contributed by atoms with Crippen molar-refractivity contribution < 1.29 is 4.79 Å². The van der Waals surface area contributed by atoms with Crippen LogP contribution in [0, 0.1) is 6.92 Å². The quantitative estimate of drug-likeness (QED) is 0.693. The zero-order valence-electron chi connectivity index (χ0n) is 16.2.